The third kappa shape index (κ3) is 3.46. The largest absolute Gasteiger partial charge is 0.496 e. The zero-order valence-corrected chi connectivity index (χ0v) is 11.8. The monoisotopic (exact) mass is 276 g/mol. The van der Waals surface area contributed by atoms with Crippen molar-refractivity contribution in [2.24, 2.45) is 0 Å². The lowest BCUT2D eigenvalue weighted by Crippen LogP contribution is -2.20. The second-order valence-electron chi connectivity index (χ2n) is 4.25. The van der Waals surface area contributed by atoms with Crippen molar-refractivity contribution in [3.63, 3.8) is 0 Å². The van der Waals surface area contributed by atoms with Gasteiger partial charge in [0.1, 0.15) is 5.75 Å². The topological polar surface area (TPSA) is 34.2 Å². The minimum absolute atomic E-state index is 0.141. The molecule has 1 atom stereocenters. The number of nitrogens with zero attached hydrogens (tertiary/aromatic N) is 1. The van der Waals surface area contributed by atoms with E-state index in [4.69, 9.17) is 16.3 Å². The Hall–Kier alpha value is -1.58. The summed E-state index contributed by atoms with van der Waals surface area (Å²) in [5, 5.41) is 3.97. The molecule has 2 rings (SSSR count). The SMILES string of the molecule is CNC(Cc1ccccn1)c1ccc(Cl)cc1OC. The number of aromatic nitrogens is 1. The van der Waals surface area contributed by atoms with Gasteiger partial charge >= 0.3 is 0 Å². The molecule has 1 N–H and O–H groups in total. The molecule has 1 heterocycles. The Morgan fingerprint density at radius 1 is 1.32 bits per heavy atom. The van der Waals surface area contributed by atoms with Crippen molar-refractivity contribution in [1.82, 2.24) is 10.3 Å². The first-order chi connectivity index (χ1) is 9.24. The number of hydrogen-bond acceptors (Lipinski definition) is 3. The maximum absolute atomic E-state index is 5.99. The summed E-state index contributed by atoms with van der Waals surface area (Å²) in [6.07, 6.45) is 2.61. The predicted octanol–water partition coefficient (Wildman–Crippen LogP) is 3.25. The summed E-state index contributed by atoms with van der Waals surface area (Å²) in [5.41, 5.74) is 2.12. The first-order valence-electron chi connectivity index (χ1n) is 6.15. The Bertz CT molecular complexity index is 531. The van der Waals surface area contributed by atoms with Gasteiger partial charge in [0.2, 0.25) is 0 Å². The third-order valence-electron chi connectivity index (χ3n) is 3.06. The van der Waals surface area contributed by atoms with Gasteiger partial charge in [0.25, 0.3) is 0 Å². The average molecular weight is 277 g/mol. The lowest BCUT2D eigenvalue weighted by atomic mass is 10.0. The molecule has 0 spiro atoms. The number of rotatable bonds is 5. The highest BCUT2D eigenvalue weighted by Crippen LogP contribution is 2.29. The smallest absolute Gasteiger partial charge is 0.125 e. The van der Waals surface area contributed by atoms with Crippen LogP contribution in [0.15, 0.2) is 42.6 Å². The van der Waals surface area contributed by atoms with Crippen LogP contribution in [0.1, 0.15) is 17.3 Å². The second-order valence-corrected chi connectivity index (χ2v) is 4.69. The fourth-order valence-corrected chi connectivity index (χ4v) is 2.23. The van der Waals surface area contributed by atoms with Crippen LogP contribution in [-0.4, -0.2) is 19.1 Å². The fraction of sp³-hybridized carbons (Fsp3) is 0.267. The van der Waals surface area contributed by atoms with Crippen molar-refractivity contribution < 1.29 is 4.74 Å². The van der Waals surface area contributed by atoms with Crippen LogP contribution in [0.5, 0.6) is 5.75 Å². The van der Waals surface area contributed by atoms with E-state index in [1.54, 1.807) is 13.3 Å². The summed E-state index contributed by atoms with van der Waals surface area (Å²) in [7, 11) is 3.59. The maximum atomic E-state index is 5.99. The molecule has 0 saturated heterocycles. The molecule has 2 aromatic rings. The van der Waals surface area contributed by atoms with Crippen molar-refractivity contribution in [3.05, 3.63) is 58.9 Å². The van der Waals surface area contributed by atoms with Gasteiger partial charge in [-0.05, 0) is 31.3 Å². The molecule has 0 aliphatic heterocycles. The molecule has 0 bridgehead atoms. The van der Waals surface area contributed by atoms with Gasteiger partial charge in [-0.2, -0.15) is 0 Å². The molecule has 0 radical (unpaired) electrons. The van der Waals surface area contributed by atoms with Crippen molar-refractivity contribution in [2.45, 2.75) is 12.5 Å². The Labute approximate surface area is 118 Å². The predicted molar refractivity (Wildman–Crippen MR) is 77.7 cm³/mol. The Kier molecular flexibility index (Phi) is 4.77. The highest BCUT2D eigenvalue weighted by atomic mass is 35.5. The van der Waals surface area contributed by atoms with E-state index in [2.05, 4.69) is 10.3 Å². The van der Waals surface area contributed by atoms with Crippen molar-refractivity contribution in [2.75, 3.05) is 14.2 Å². The van der Waals surface area contributed by atoms with E-state index in [-0.39, 0.29) is 6.04 Å². The highest BCUT2D eigenvalue weighted by molar-refractivity contribution is 6.30. The molecular weight excluding hydrogens is 260 g/mol. The Balaban J connectivity index is 2.27. The minimum atomic E-state index is 0.141. The van der Waals surface area contributed by atoms with Gasteiger partial charge in [-0.3, -0.25) is 4.98 Å². The molecule has 1 aromatic heterocycles. The standard InChI is InChI=1S/C15H17ClN2O/c1-17-14(10-12-5-3-4-8-18-12)13-7-6-11(16)9-15(13)19-2/h3-9,14,17H,10H2,1-2H3. The van der Waals surface area contributed by atoms with Gasteiger partial charge < -0.3 is 10.1 Å². The van der Waals surface area contributed by atoms with E-state index in [1.807, 2.05) is 43.4 Å². The first-order valence-corrected chi connectivity index (χ1v) is 6.53. The fourth-order valence-electron chi connectivity index (χ4n) is 2.07. The average Bonchev–Trinajstić information content (AvgIpc) is 2.46. The number of ether oxygens (including phenoxy) is 1. The first kappa shape index (κ1) is 13.8. The number of hydrogen-bond donors (Lipinski definition) is 1. The number of benzene rings is 1. The zero-order valence-electron chi connectivity index (χ0n) is 11.1. The molecule has 0 aliphatic rings. The van der Waals surface area contributed by atoms with Crippen LogP contribution >= 0.6 is 11.6 Å². The van der Waals surface area contributed by atoms with Gasteiger partial charge in [0, 0.05) is 34.9 Å². The highest BCUT2D eigenvalue weighted by Gasteiger charge is 2.15. The minimum Gasteiger partial charge on any atom is -0.496 e. The Morgan fingerprint density at radius 2 is 2.16 bits per heavy atom. The number of nitrogens with one attached hydrogen (secondary N) is 1. The summed E-state index contributed by atoms with van der Waals surface area (Å²) in [6.45, 7) is 0. The van der Waals surface area contributed by atoms with Crippen LogP contribution in [0.2, 0.25) is 5.02 Å². The molecule has 100 valence electrons. The summed E-state index contributed by atoms with van der Waals surface area (Å²) in [6, 6.07) is 11.8. The summed E-state index contributed by atoms with van der Waals surface area (Å²) < 4.78 is 5.40. The third-order valence-corrected chi connectivity index (χ3v) is 3.29. The quantitative estimate of drug-likeness (QED) is 0.910. The molecule has 0 aliphatic carbocycles. The molecule has 1 aromatic carbocycles. The van der Waals surface area contributed by atoms with Crippen molar-refractivity contribution in [3.8, 4) is 5.75 Å². The number of pyridine rings is 1. The zero-order chi connectivity index (χ0) is 13.7. The van der Waals surface area contributed by atoms with E-state index < -0.39 is 0 Å². The molecule has 4 heteroatoms. The Morgan fingerprint density at radius 3 is 2.79 bits per heavy atom. The second kappa shape index (κ2) is 6.55. The molecule has 1 unspecified atom stereocenters. The summed E-state index contributed by atoms with van der Waals surface area (Å²) in [4.78, 5) is 4.36. The van der Waals surface area contributed by atoms with Gasteiger partial charge in [0.15, 0.2) is 0 Å². The summed E-state index contributed by atoms with van der Waals surface area (Å²) in [5.74, 6) is 0.794. The van der Waals surface area contributed by atoms with E-state index in [0.29, 0.717) is 5.02 Å². The lowest BCUT2D eigenvalue weighted by molar-refractivity contribution is 0.401. The van der Waals surface area contributed by atoms with Crippen LogP contribution in [0, 0.1) is 0 Å². The van der Waals surface area contributed by atoms with E-state index in [1.165, 1.54) is 0 Å². The maximum Gasteiger partial charge on any atom is 0.125 e. The number of methoxy groups -OCH3 is 1. The van der Waals surface area contributed by atoms with Gasteiger partial charge in [-0.25, -0.2) is 0 Å². The molecule has 0 fully saturated rings. The van der Waals surface area contributed by atoms with E-state index in [0.717, 1.165) is 23.4 Å². The lowest BCUT2D eigenvalue weighted by Gasteiger charge is -2.19. The van der Waals surface area contributed by atoms with Crippen LogP contribution in [0.4, 0.5) is 0 Å². The normalized spacial score (nSPS) is 12.2. The van der Waals surface area contributed by atoms with Gasteiger partial charge in [-0.1, -0.05) is 23.7 Å². The van der Waals surface area contributed by atoms with Crippen LogP contribution in [0.3, 0.4) is 0 Å². The van der Waals surface area contributed by atoms with Crippen molar-refractivity contribution >= 4 is 11.6 Å². The molecule has 19 heavy (non-hydrogen) atoms. The van der Waals surface area contributed by atoms with Crippen LogP contribution in [-0.2, 0) is 6.42 Å². The summed E-state index contributed by atoms with van der Waals surface area (Å²) >= 11 is 5.99. The van der Waals surface area contributed by atoms with Crippen molar-refractivity contribution in [1.29, 1.82) is 0 Å². The molecular formula is C15H17ClN2O. The van der Waals surface area contributed by atoms with Crippen LogP contribution < -0.4 is 10.1 Å². The molecule has 0 saturated carbocycles. The van der Waals surface area contributed by atoms with Gasteiger partial charge in [-0.15, -0.1) is 0 Å². The number of likely N-dealkylation sites (N-methyl/N-ethyl adjacent to an activating group) is 1. The van der Waals surface area contributed by atoms with E-state index in [9.17, 15) is 0 Å². The van der Waals surface area contributed by atoms with Crippen LogP contribution in [0.25, 0.3) is 0 Å². The van der Waals surface area contributed by atoms with Gasteiger partial charge in [0.05, 0.1) is 7.11 Å². The van der Waals surface area contributed by atoms with E-state index >= 15 is 0 Å². The molecule has 0 amide bonds. The number of halogens is 1. The molecule has 3 nitrogen and oxygen atoms in total.